The Hall–Kier alpha value is -3.65. The standard InChI is InChI=1S/C23H23N5O3/c1-28-11-10-14(12-28)24-19(29)13-31-27-21-16-7-3-5-9-18(16)25-22(21)20-15-6-2-4-8-17(15)26-23(20)30/h2-9,14,26,30H,10-13H2,1H3,(H,24,29)/b27-21+. The number of rotatable bonds is 5. The van der Waals surface area contributed by atoms with Gasteiger partial charge in [0.15, 0.2) is 12.5 Å². The lowest BCUT2D eigenvalue weighted by atomic mass is 10.0. The molecule has 0 radical (unpaired) electrons. The molecule has 3 heterocycles. The lowest BCUT2D eigenvalue weighted by Crippen LogP contribution is -2.38. The number of likely N-dealkylation sites (N-methyl/N-ethyl adjacent to an activating group) is 1. The third-order valence-electron chi connectivity index (χ3n) is 5.65. The Bertz CT molecular complexity index is 1210. The van der Waals surface area contributed by atoms with Gasteiger partial charge in [-0.15, -0.1) is 0 Å². The van der Waals surface area contributed by atoms with Gasteiger partial charge in [0.2, 0.25) is 0 Å². The molecule has 0 saturated carbocycles. The highest BCUT2D eigenvalue weighted by Gasteiger charge is 2.29. The first-order valence-electron chi connectivity index (χ1n) is 10.3. The number of fused-ring (bicyclic) bond motifs is 2. The number of aromatic amines is 1. The van der Waals surface area contributed by atoms with E-state index in [1.54, 1.807) is 0 Å². The van der Waals surface area contributed by atoms with Crippen LogP contribution in [0.4, 0.5) is 5.69 Å². The van der Waals surface area contributed by atoms with Crippen molar-refractivity contribution in [2.75, 3.05) is 26.7 Å². The molecule has 1 aromatic heterocycles. The molecule has 1 fully saturated rings. The predicted octanol–water partition coefficient (Wildman–Crippen LogP) is 2.55. The lowest BCUT2D eigenvalue weighted by Gasteiger charge is -2.12. The molecule has 8 heteroatoms. The molecule has 1 saturated heterocycles. The highest BCUT2D eigenvalue weighted by molar-refractivity contribution is 6.58. The topological polar surface area (TPSA) is 102 Å². The van der Waals surface area contributed by atoms with Crippen LogP contribution in [0.1, 0.15) is 17.5 Å². The van der Waals surface area contributed by atoms with Gasteiger partial charge in [-0.2, -0.15) is 0 Å². The molecule has 1 atom stereocenters. The summed E-state index contributed by atoms with van der Waals surface area (Å²) in [6.45, 7) is 1.63. The van der Waals surface area contributed by atoms with Crippen LogP contribution < -0.4 is 5.32 Å². The number of aromatic nitrogens is 1. The highest BCUT2D eigenvalue weighted by Crippen LogP contribution is 2.35. The summed E-state index contributed by atoms with van der Waals surface area (Å²) in [5.41, 5.74) is 3.89. The number of nitrogens with zero attached hydrogens (tertiary/aromatic N) is 3. The van der Waals surface area contributed by atoms with Gasteiger partial charge in [0.05, 0.1) is 11.3 Å². The van der Waals surface area contributed by atoms with Gasteiger partial charge < -0.3 is 25.1 Å². The Morgan fingerprint density at radius 1 is 1.29 bits per heavy atom. The molecule has 1 amide bonds. The van der Waals surface area contributed by atoms with E-state index in [1.165, 1.54) is 0 Å². The van der Waals surface area contributed by atoms with Crippen LogP contribution in [0.3, 0.4) is 0 Å². The van der Waals surface area contributed by atoms with E-state index < -0.39 is 0 Å². The van der Waals surface area contributed by atoms with Crippen LogP contribution in [0.15, 0.2) is 58.7 Å². The van der Waals surface area contributed by atoms with Crippen LogP contribution in [0.5, 0.6) is 5.88 Å². The molecule has 2 aliphatic rings. The molecule has 158 valence electrons. The zero-order valence-electron chi connectivity index (χ0n) is 17.1. The number of H-pyrrole nitrogens is 1. The zero-order valence-corrected chi connectivity index (χ0v) is 17.1. The molecule has 0 bridgehead atoms. The summed E-state index contributed by atoms with van der Waals surface area (Å²) in [5, 5.41) is 18.7. The third kappa shape index (κ3) is 3.66. The maximum atomic E-state index is 12.3. The van der Waals surface area contributed by atoms with Crippen LogP contribution >= 0.6 is 0 Å². The molecule has 2 aromatic carbocycles. The monoisotopic (exact) mass is 417 g/mol. The van der Waals surface area contributed by atoms with Gasteiger partial charge in [0.1, 0.15) is 11.4 Å². The molecule has 3 aromatic rings. The van der Waals surface area contributed by atoms with Gasteiger partial charge in [-0.1, -0.05) is 41.6 Å². The molecular weight excluding hydrogens is 394 g/mol. The molecular formula is C23H23N5O3. The van der Waals surface area contributed by atoms with Crippen LogP contribution in [0.2, 0.25) is 0 Å². The van der Waals surface area contributed by atoms with Gasteiger partial charge in [-0.05, 0) is 32.1 Å². The summed E-state index contributed by atoms with van der Waals surface area (Å²) in [6.07, 6.45) is 0.931. The molecule has 0 spiro atoms. The van der Waals surface area contributed by atoms with Gasteiger partial charge in [-0.3, -0.25) is 4.79 Å². The SMILES string of the molecule is CN1CCC(NC(=O)CO/N=C2/C(c3c(O)[nH]c4ccccc34)=Nc3ccccc32)C1. The van der Waals surface area contributed by atoms with Crippen LogP contribution in [0.25, 0.3) is 10.9 Å². The van der Waals surface area contributed by atoms with Crippen LogP contribution in [0, 0.1) is 0 Å². The molecule has 0 aliphatic carbocycles. The summed E-state index contributed by atoms with van der Waals surface area (Å²) >= 11 is 0. The lowest BCUT2D eigenvalue weighted by molar-refractivity contribution is -0.126. The van der Waals surface area contributed by atoms with Gasteiger partial charge in [-0.25, -0.2) is 4.99 Å². The Labute approximate surface area is 179 Å². The number of aliphatic imine (C=N–C) groups is 1. The minimum absolute atomic E-state index is 0.0172. The number of oxime groups is 1. The summed E-state index contributed by atoms with van der Waals surface area (Å²) in [5.74, 6) is -0.187. The van der Waals surface area contributed by atoms with Crippen molar-refractivity contribution in [1.29, 1.82) is 0 Å². The second-order valence-corrected chi connectivity index (χ2v) is 7.90. The predicted molar refractivity (Wildman–Crippen MR) is 119 cm³/mol. The molecule has 31 heavy (non-hydrogen) atoms. The Balaban J connectivity index is 1.41. The second kappa shape index (κ2) is 7.88. The first-order valence-corrected chi connectivity index (χ1v) is 10.3. The molecule has 2 aliphatic heterocycles. The smallest absolute Gasteiger partial charge is 0.261 e. The molecule has 5 rings (SSSR count). The average Bonchev–Trinajstić information content (AvgIpc) is 3.42. The Morgan fingerprint density at radius 2 is 2.10 bits per heavy atom. The van der Waals surface area contributed by atoms with Crippen molar-refractivity contribution in [1.82, 2.24) is 15.2 Å². The summed E-state index contributed by atoms with van der Waals surface area (Å²) in [6, 6.07) is 15.3. The van der Waals surface area contributed by atoms with Crippen molar-refractivity contribution < 1.29 is 14.7 Å². The number of amides is 1. The average molecular weight is 417 g/mol. The number of para-hydroxylation sites is 2. The van der Waals surface area contributed by atoms with Crippen molar-refractivity contribution in [3.05, 3.63) is 59.7 Å². The largest absolute Gasteiger partial charge is 0.494 e. The fourth-order valence-electron chi connectivity index (χ4n) is 4.18. The van der Waals surface area contributed by atoms with Gasteiger partial charge in [0, 0.05) is 29.1 Å². The van der Waals surface area contributed by atoms with Gasteiger partial charge >= 0.3 is 0 Å². The normalized spacial score (nSPS) is 19.6. The number of carbonyl (C=O) groups is 1. The van der Waals surface area contributed by atoms with Crippen molar-refractivity contribution >= 4 is 33.9 Å². The second-order valence-electron chi connectivity index (χ2n) is 7.90. The van der Waals surface area contributed by atoms with E-state index in [0.29, 0.717) is 17.0 Å². The first kappa shape index (κ1) is 19.3. The quantitative estimate of drug-likeness (QED) is 0.555. The fourth-order valence-corrected chi connectivity index (χ4v) is 4.18. The van der Waals surface area contributed by atoms with E-state index in [4.69, 9.17) is 9.83 Å². The number of nitrogens with one attached hydrogen (secondary N) is 2. The third-order valence-corrected chi connectivity index (χ3v) is 5.65. The van der Waals surface area contributed by atoms with Crippen molar-refractivity contribution in [2.45, 2.75) is 12.5 Å². The number of likely N-dealkylation sites (tertiary alicyclic amines) is 1. The van der Waals surface area contributed by atoms with E-state index in [9.17, 15) is 9.90 Å². The fraction of sp³-hybridized carbons (Fsp3) is 0.261. The molecule has 3 N–H and O–H groups in total. The van der Waals surface area contributed by atoms with E-state index >= 15 is 0 Å². The van der Waals surface area contributed by atoms with Crippen LogP contribution in [-0.4, -0.2) is 65.1 Å². The van der Waals surface area contributed by atoms with E-state index in [1.807, 2.05) is 55.6 Å². The zero-order chi connectivity index (χ0) is 21.4. The minimum atomic E-state index is -0.204. The Morgan fingerprint density at radius 3 is 2.94 bits per heavy atom. The summed E-state index contributed by atoms with van der Waals surface area (Å²) in [4.78, 5) is 27.6. The van der Waals surface area contributed by atoms with E-state index in [-0.39, 0.29) is 24.4 Å². The number of carbonyl (C=O) groups excluding carboxylic acids is 1. The van der Waals surface area contributed by atoms with Crippen molar-refractivity contribution in [3.8, 4) is 5.88 Å². The van der Waals surface area contributed by atoms with Crippen molar-refractivity contribution in [3.63, 3.8) is 0 Å². The summed E-state index contributed by atoms with van der Waals surface area (Å²) < 4.78 is 0. The Kier molecular flexibility index (Phi) is 4.91. The minimum Gasteiger partial charge on any atom is -0.494 e. The van der Waals surface area contributed by atoms with E-state index in [2.05, 4.69) is 20.4 Å². The highest BCUT2D eigenvalue weighted by atomic mass is 16.6. The maximum Gasteiger partial charge on any atom is 0.261 e. The van der Waals surface area contributed by atoms with Crippen molar-refractivity contribution in [2.24, 2.45) is 10.1 Å². The molecule has 1 unspecified atom stereocenters. The number of hydrogen-bond acceptors (Lipinski definition) is 6. The number of hydrogen-bond donors (Lipinski definition) is 3. The first-order chi connectivity index (χ1) is 15.1. The van der Waals surface area contributed by atoms with Gasteiger partial charge in [0.25, 0.3) is 5.91 Å². The van der Waals surface area contributed by atoms with Crippen LogP contribution in [-0.2, 0) is 9.63 Å². The summed E-state index contributed by atoms with van der Waals surface area (Å²) in [7, 11) is 2.03. The van der Waals surface area contributed by atoms with E-state index in [0.717, 1.165) is 41.7 Å². The number of aromatic hydroxyl groups is 1. The number of benzene rings is 2. The molecule has 8 nitrogen and oxygen atoms in total. The maximum absolute atomic E-state index is 12.3.